The van der Waals surface area contributed by atoms with Gasteiger partial charge in [0.2, 0.25) is 5.91 Å². The number of halogens is 1. The molecule has 0 aliphatic rings. The summed E-state index contributed by atoms with van der Waals surface area (Å²) in [6.07, 6.45) is 0. The number of benzene rings is 1. The average Bonchev–Trinajstić information content (AvgIpc) is 2.22. The predicted octanol–water partition coefficient (Wildman–Crippen LogP) is 2.41. The summed E-state index contributed by atoms with van der Waals surface area (Å²) >= 11 is 5.81. The van der Waals surface area contributed by atoms with E-state index in [1.165, 1.54) is 0 Å². The van der Waals surface area contributed by atoms with Crippen LogP contribution in [0, 0.1) is 0 Å². The molecule has 0 aromatic heterocycles. The molecule has 0 aliphatic carbocycles. The molecule has 0 saturated carbocycles. The zero-order valence-corrected chi connectivity index (χ0v) is 12.2. The molecule has 0 heterocycles. The van der Waals surface area contributed by atoms with Crippen molar-refractivity contribution >= 4 is 39.7 Å². The molecule has 1 atom stereocenters. The van der Waals surface area contributed by atoms with Gasteiger partial charge in [-0.25, -0.2) is 0 Å². The summed E-state index contributed by atoms with van der Waals surface area (Å²) in [6, 6.07) is 4.81. The van der Waals surface area contributed by atoms with Crippen LogP contribution >= 0.6 is 11.6 Å². The van der Waals surface area contributed by atoms with Crippen LogP contribution < -0.4 is 11.1 Å². The van der Waals surface area contributed by atoms with Gasteiger partial charge in [-0.1, -0.05) is 11.6 Å². The number of hydrogen-bond donors (Lipinski definition) is 2. The number of nitrogen functional groups attached to an aromatic ring is 1. The molecule has 0 aliphatic heterocycles. The van der Waals surface area contributed by atoms with Crippen LogP contribution in [0.1, 0.15) is 20.8 Å². The van der Waals surface area contributed by atoms with Crippen molar-refractivity contribution in [3.05, 3.63) is 23.2 Å². The van der Waals surface area contributed by atoms with Crippen LogP contribution in [0.3, 0.4) is 0 Å². The quantitative estimate of drug-likeness (QED) is 0.839. The molecule has 100 valence electrons. The minimum absolute atomic E-state index is 0.0601. The average molecular weight is 289 g/mol. The lowest BCUT2D eigenvalue weighted by Crippen LogP contribution is -2.30. The van der Waals surface area contributed by atoms with Crippen LogP contribution in [0.15, 0.2) is 18.2 Å². The third kappa shape index (κ3) is 4.31. The van der Waals surface area contributed by atoms with E-state index < -0.39 is 15.5 Å². The number of nitrogens with two attached hydrogens (primary N) is 1. The Hall–Kier alpha value is -1.07. The molecule has 6 heteroatoms. The van der Waals surface area contributed by atoms with Gasteiger partial charge in [-0.15, -0.1) is 0 Å². The maximum absolute atomic E-state index is 11.8. The van der Waals surface area contributed by atoms with Gasteiger partial charge >= 0.3 is 0 Å². The Morgan fingerprint density at radius 3 is 2.61 bits per heavy atom. The molecule has 18 heavy (non-hydrogen) atoms. The first kappa shape index (κ1) is 15.0. The molecule has 0 fully saturated rings. The normalized spacial score (nSPS) is 13.1. The number of nitrogens with one attached hydrogen (secondary N) is 1. The summed E-state index contributed by atoms with van der Waals surface area (Å²) in [5.41, 5.74) is 6.57. The molecule has 0 spiro atoms. The highest BCUT2D eigenvalue weighted by Gasteiger charge is 2.22. The van der Waals surface area contributed by atoms with Crippen LogP contribution in [-0.2, 0) is 15.6 Å². The lowest BCUT2D eigenvalue weighted by Gasteiger charge is -2.17. The van der Waals surface area contributed by atoms with E-state index >= 15 is 0 Å². The van der Waals surface area contributed by atoms with Crippen LogP contribution in [0.2, 0.25) is 5.02 Å². The van der Waals surface area contributed by atoms with Crippen molar-refractivity contribution < 1.29 is 9.00 Å². The van der Waals surface area contributed by atoms with E-state index in [1.54, 1.807) is 18.2 Å². The van der Waals surface area contributed by atoms with Crippen LogP contribution in [0.25, 0.3) is 0 Å². The fourth-order valence-corrected chi connectivity index (χ4v) is 2.07. The van der Waals surface area contributed by atoms with Crippen LogP contribution in [-0.4, -0.2) is 20.6 Å². The van der Waals surface area contributed by atoms with Gasteiger partial charge in [0.15, 0.2) is 0 Å². The van der Waals surface area contributed by atoms with E-state index in [-0.39, 0.29) is 11.7 Å². The largest absolute Gasteiger partial charge is 0.397 e. The van der Waals surface area contributed by atoms with E-state index in [0.717, 1.165) is 0 Å². The van der Waals surface area contributed by atoms with Gasteiger partial charge in [0.1, 0.15) is 5.75 Å². The number of amides is 1. The van der Waals surface area contributed by atoms with Crippen molar-refractivity contribution in [2.45, 2.75) is 25.5 Å². The lowest BCUT2D eigenvalue weighted by atomic mass is 10.2. The Balaban J connectivity index is 2.71. The number of hydrogen-bond acceptors (Lipinski definition) is 3. The minimum Gasteiger partial charge on any atom is -0.397 e. The SMILES string of the molecule is CC(C)(C)S(=O)CC(=O)Nc1cc(Cl)ccc1N. The minimum atomic E-state index is -1.24. The molecule has 0 radical (unpaired) electrons. The molecule has 0 bridgehead atoms. The summed E-state index contributed by atoms with van der Waals surface area (Å²) in [4.78, 5) is 11.7. The standard InChI is InChI=1S/C12H17ClN2O2S/c1-12(2,3)18(17)7-11(16)15-10-6-8(13)4-5-9(10)14/h4-6H,7,14H2,1-3H3,(H,15,16). The molecule has 1 aromatic carbocycles. The van der Waals surface area contributed by atoms with Crippen molar-refractivity contribution in [2.24, 2.45) is 0 Å². The Labute approximate surface area is 114 Å². The zero-order chi connectivity index (χ0) is 13.9. The van der Waals surface area contributed by atoms with Crippen LogP contribution in [0.5, 0.6) is 0 Å². The molecule has 0 saturated heterocycles. The summed E-state index contributed by atoms with van der Waals surface area (Å²) in [7, 11) is -1.24. The Morgan fingerprint density at radius 2 is 2.06 bits per heavy atom. The van der Waals surface area contributed by atoms with Gasteiger partial charge in [-0.05, 0) is 39.0 Å². The summed E-state index contributed by atoms with van der Waals surface area (Å²) in [6.45, 7) is 5.47. The molecule has 1 amide bonds. The molecule has 1 unspecified atom stereocenters. The number of carbonyl (C=O) groups excluding carboxylic acids is 1. The predicted molar refractivity (Wildman–Crippen MR) is 77.3 cm³/mol. The van der Waals surface area contributed by atoms with Gasteiger partial charge in [-0.3, -0.25) is 9.00 Å². The van der Waals surface area contributed by atoms with E-state index in [4.69, 9.17) is 17.3 Å². The fraction of sp³-hybridized carbons (Fsp3) is 0.417. The maximum atomic E-state index is 11.8. The second kappa shape index (κ2) is 5.71. The Kier molecular flexibility index (Phi) is 4.76. The fourth-order valence-electron chi connectivity index (χ4n) is 1.16. The second-order valence-corrected chi connectivity index (χ2v) is 7.52. The van der Waals surface area contributed by atoms with E-state index in [2.05, 4.69) is 5.32 Å². The molecule has 1 aromatic rings. The highest BCUT2D eigenvalue weighted by molar-refractivity contribution is 7.87. The second-order valence-electron chi connectivity index (χ2n) is 4.88. The zero-order valence-electron chi connectivity index (χ0n) is 10.6. The molecular formula is C12H17ClN2O2S. The maximum Gasteiger partial charge on any atom is 0.237 e. The van der Waals surface area contributed by atoms with Crippen molar-refractivity contribution in [1.29, 1.82) is 0 Å². The summed E-state index contributed by atoms with van der Waals surface area (Å²) < 4.78 is 11.4. The first-order chi connectivity index (χ1) is 8.20. The third-order valence-electron chi connectivity index (χ3n) is 2.23. The monoisotopic (exact) mass is 288 g/mol. The first-order valence-corrected chi connectivity index (χ1v) is 7.13. The number of rotatable bonds is 3. The number of anilines is 2. The van der Waals surface area contributed by atoms with E-state index in [0.29, 0.717) is 16.4 Å². The van der Waals surface area contributed by atoms with Crippen molar-refractivity contribution in [2.75, 3.05) is 16.8 Å². The van der Waals surface area contributed by atoms with E-state index in [9.17, 15) is 9.00 Å². The lowest BCUT2D eigenvalue weighted by molar-refractivity contribution is -0.113. The Bertz CT molecular complexity index is 483. The molecule has 1 rings (SSSR count). The Morgan fingerprint density at radius 1 is 1.44 bits per heavy atom. The van der Waals surface area contributed by atoms with Gasteiger partial charge in [0, 0.05) is 20.6 Å². The summed E-state index contributed by atoms with van der Waals surface area (Å²) in [5.74, 6) is -0.396. The van der Waals surface area contributed by atoms with Gasteiger partial charge < -0.3 is 11.1 Å². The number of carbonyl (C=O) groups is 1. The van der Waals surface area contributed by atoms with Crippen molar-refractivity contribution in [3.63, 3.8) is 0 Å². The van der Waals surface area contributed by atoms with Crippen molar-refractivity contribution in [1.82, 2.24) is 0 Å². The molecule has 3 N–H and O–H groups in total. The molecule has 4 nitrogen and oxygen atoms in total. The third-order valence-corrected chi connectivity index (χ3v) is 4.36. The van der Waals surface area contributed by atoms with Gasteiger partial charge in [-0.2, -0.15) is 0 Å². The first-order valence-electron chi connectivity index (χ1n) is 5.43. The summed E-state index contributed by atoms with van der Waals surface area (Å²) in [5, 5.41) is 3.10. The van der Waals surface area contributed by atoms with Crippen molar-refractivity contribution in [3.8, 4) is 0 Å². The van der Waals surface area contributed by atoms with E-state index in [1.807, 2.05) is 20.8 Å². The molecular weight excluding hydrogens is 272 g/mol. The van der Waals surface area contributed by atoms with Gasteiger partial charge in [0.25, 0.3) is 0 Å². The van der Waals surface area contributed by atoms with Crippen LogP contribution in [0.4, 0.5) is 11.4 Å². The highest BCUT2D eigenvalue weighted by atomic mass is 35.5. The van der Waals surface area contributed by atoms with Gasteiger partial charge in [0.05, 0.1) is 11.4 Å². The topological polar surface area (TPSA) is 72.2 Å². The smallest absolute Gasteiger partial charge is 0.237 e. The highest BCUT2D eigenvalue weighted by Crippen LogP contribution is 2.23.